The van der Waals surface area contributed by atoms with Crippen LogP contribution in [0.1, 0.15) is 6.92 Å². The van der Waals surface area contributed by atoms with Gasteiger partial charge in [-0.3, -0.25) is 10.3 Å². The number of carbonyl (C=O) groups is 1. The standard InChI is InChI=1S/C14H13N5OS/c1-2-16-13(20)19-14-18-11-6-10(8-17-12(11)21-14)9-4-3-5-15-7-9/h3-8H,2H2,1H3,(H2,16,18,19,20). The van der Waals surface area contributed by atoms with Gasteiger partial charge in [-0.2, -0.15) is 0 Å². The molecule has 0 spiro atoms. The number of carbonyl (C=O) groups excluding carboxylic acids is 1. The van der Waals surface area contributed by atoms with Crippen LogP contribution in [0.5, 0.6) is 0 Å². The van der Waals surface area contributed by atoms with E-state index in [4.69, 9.17) is 0 Å². The summed E-state index contributed by atoms with van der Waals surface area (Å²) in [5, 5.41) is 5.89. The quantitative estimate of drug-likeness (QED) is 0.779. The Labute approximate surface area is 125 Å². The Kier molecular flexibility index (Phi) is 3.74. The van der Waals surface area contributed by atoms with Gasteiger partial charge in [0.1, 0.15) is 10.3 Å². The Morgan fingerprint density at radius 1 is 1.33 bits per heavy atom. The molecule has 0 saturated heterocycles. The van der Waals surface area contributed by atoms with Crippen LogP contribution in [0.25, 0.3) is 21.5 Å². The van der Waals surface area contributed by atoms with Gasteiger partial charge in [0, 0.05) is 36.3 Å². The molecule has 2 N–H and O–H groups in total. The third-order valence-corrected chi connectivity index (χ3v) is 3.69. The SMILES string of the molecule is CCNC(=O)Nc1nc2cc(-c3cccnc3)cnc2s1. The molecule has 0 unspecified atom stereocenters. The predicted molar refractivity (Wildman–Crippen MR) is 83.3 cm³/mol. The molecule has 0 bridgehead atoms. The number of amides is 2. The summed E-state index contributed by atoms with van der Waals surface area (Å²) >= 11 is 1.35. The van der Waals surface area contributed by atoms with Gasteiger partial charge in [0.15, 0.2) is 5.13 Å². The van der Waals surface area contributed by atoms with Gasteiger partial charge in [-0.15, -0.1) is 0 Å². The maximum absolute atomic E-state index is 11.5. The van der Waals surface area contributed by atoms with Crippen LogP contribution >= 0.6 is 11.3 Å². The van der Waals surface area contributed by atoms with Gasteiger partial charge in [0.25, 0.3) is 0 Å². The molecule has 106 valence electrons. The average molecular weight is 299 g/mol. The molecule has 21 heavy (non-hydrogen) atoms. The number of hydrogen-bond donors (Lipinski definition) is 2. The van der Waals surface area contributed by atoms with Crippen molar-refractivity contribution in [1.82, 2.24) is 20.3 Å². The minimum atomic E-state index is -0.260. The zero-order chi connectivity index (χ0) is 14.7. The summed E-state index contributed by atoms with van der Waals surface area (Å²) in [6, 6.07) is 5.53. The third-order valence-electron chi connectivity index (χ3n) is 2.80. The Bertz CT molecular complexity index is 771. The molecule has 3 rings (SSSR count). The fourth-order valence-corrected chi connectivity index (χ4v) is 2.66. The topological polar surface area (TPSA) is 79.8 Å². The zero-order valence-corrected chi connectivity index (χ0v) is 12.1. The number of fused-ring (bicyclic) bond motifs is 1. The summed E-state index contributed by atoms with van der Waals surface area (Å²) in [5.74, 6) is 0. The minimum Gasteiger partial charge on any atom is -0.338 e. The zero-order valence-electron chi connectivity index (χ0n) is 11.3. The summed E-state index contributed by atoms with van der Waals surface area (Å²) in [6.07, 6.45) is 5.29. The number of hydrogen-bond acceptors (Lipinski definition) is 5. The van der Waals surface area contributed by atoms with Crippen LogP contribution < -0.4 is 10.6 Å². The van der Waals surface area contributed by atoms with Gasteiger partial charge in [-0.25, -0.2) is 14.8 Å². The van der Waals surface area contributed by atoms with Crippen LogP contribution in [-0.4, -0.2) is 27.5 Å². The van der Waals surface area contributed by atoms with Gasteiger partial charge in [-0.05, 0) is 19.1 Å². The highest BCUT2D eigenvalue weighted by Gasteiger charge is 2.09. The van der Waals surface area contributed by atoms with E-state index in [1.54, 1.807) is 18.6 Å². The van der Waals surface area contributed by atoms with Gasteiger partial charge in [-0.1, -0.05) is 17.4 Å². The molecule has 0 atom stereocenters. The molecule has 0 radical (unpaired) electrons. The number of nitrogens with zero attached hydrogens (tertiary/aromatic N) is 3. The Balaban J connectivity index is 1.90. The molecule has 2 amide bonds. The fraction of sp³-hybridized carbons (Fsp3) is 0.143. The molecular weight excluding hydrogens is 286 g/mol. The van der Waals surface area contributed by atoms with E-state index in [1.165, 1.54) is 11.3 Å². The summed E-state index contributed by atoms with van der Waals surface area (Å²) in [4.78, 5) is 25.1. The highest BCUT2D eigenvalue weighted by atomic mass is 32.1. The highest BCUT2D eigenvalue weighted by Crippen LogP contribution is 2.27. The lowest BCUT2D eigenvalue weighted by atomic mass is 10.1. The van der Waals surface area contributed by atoms with Crippen molar-refractivity contribution in [3.05, 3.63) is 36.8 Å². The van der Waals surface area contributed by atoms with Crippen LogP contribution in [0.15, 0.2) is 36.8 Å². The monoisotopic (exact) mass is 299 g/mol. The molecule has 0 fully saturated rings. The molecular formula is C14H13N5OS. The second-order valence-corrected chi connectivity index (χ2v) is 5.27. The predicted octanol–water partition coefficient (Wildman–Crippen LogP) is 2.89. The molecule has 0 aliphatic rings. The Hall–Kier alpha value is -2.54. The number of thiazole rings is 1. The second kappa shape index (κ2) is 5.84. The smallest absolute Gasteiger partial charge is 0.321 e. The molecule has 3 aromatic rings. The fourth-order valence-electron chi connectivity index (χ4n) is 1.87. The lowest BCUT2D eigenvalue weighted by Crippen LogP contribution is -2.28. The first-order valence-electron chi connectivity index (χ1n) is 6.48. The normalized spacial score (nSPS) is 10.5. The van der Waals surface area contributed by atoms with Gasteiger partial charge >= 0.3 is 6.03 Å². The van der Waals surface area contributed by atoms with Crippen molar-refractivity contribution in [2.75, 3.05) is 11.9 Å². The molecule has 0 aliphatic carbocycles. The number of pyridine rings is 2. The second-order valence-electron chi connectivity index (χ2n) is 4.29. The van der Waals surface area contributed by atoms with Crippen molar-refractivity contribution < 1.29 is 4.79 Å². The van der Waals surface area contributed by atoms with E-state index in [9.17, 15) is 4.79 Å². The molecule has 3 aromatic heterocycles. The molecule has 3 heterocycles. The average Bonchev–Trinajstić information content (AvgIpc) is 2.89. The van der Waals surface area contributed by atoms with Crippen LogP contribution in [0.3, 0.4) is 0 Å². The van der Waals surface area contributed by atoms with E-state index in [1.807, 2.05) is 25.1 Å². The van der Waals surface area contributed by atoms with E-state index in [2.05, 4.69) is 25.6 Å². The van der Waals surface area contributed by atoms with Crippen LogP contribution in [-0.2, 0) is 0 Å². The Morgan fingerprint density at radius 2 is 2.24 bits per heavy atom. The Morgan fingerprint density at radius 3 is 3.00 bits per heavy atom. The van der Waals surface area contributed by atoms with Crippen molar-refractivity contribution in [3.8, 4) is 11.1 Å². The third kappa shape index (κ3) is 2.97. The van der Waals surface area contributed by atoms with Crippen molar-refractivity contribution in [2.24, 2.45) is 0 Å². The lowest BCUT2D eigenvalue weighted by molar-refractivity contribution is 0.252. The van der Waals surface area contributed by atoms with Crippen molar-refractivity contribution in [1.29, 1.82) is 0 Å². The van der Waals surface area contributed by atoms with E-state index in [0.29, 0.717) is 11.7 Å². The summed E-state index contributed by atoms with van der Waals surface area (Å²) < 4.78 is 0. The van der Waals surface area contributed by atoms with Crippen molar-refractivity contribution in [3.63, 3.8) is 0 Å². The number of rotatable bonds is 3. The van der Waals surface area contributed by atoms with Crippen molar-refractivity contribution in [2.45, 2.75) is 6.92 Å². The van der Waals surface area contributed by atoms with Crippen molar-refractivity contribution >= 4 is 32.8 Å². The number of urea groups is 1. The summed E-state index contributed by atoms with van der Waals surface area (Å²) in [7, 11) is 0. The van der Waals surface area contributed by atoms with E-state index >= 15 is 0 Å². The van der Waals surface area contributed by atoms with Crippen LogP contribution in [0.4, 0.5) is 9.93 Å². The highest BCUT2D eigenvalue weighted by molar-refractivity contribution is 7.21. The molecule has 7 heteroatoms. The molecule has 0 aliphatic heterocycles. The lowest BCUT2D eigenvalue weighted by Gasteiger charge is -2.00. The first-order valence-corrected chi connectivity index (χ1v) is 7.29. The maximum Gasteiger partial charge on any atom is 0.321 e. The van der Waals surface area contributed by atoms with Crippen LogP contribution in [0, 0.1) is 0 Å². The first-order chi connectivity index (χ1) is 10.3. The van der Waals surface area contributed by atoms with Gasteiger partial charge in [0.05, 0.1) is 0 Å². The first kappa shape index (κ1) is 13.4. The summed E-state index contributed by atoms with van der Waals surface area (Å²) in [6.45, 7) is 2.43. The van der Waals surface area contributed by atoms with Gasteiger partial charge in [0.2, 0.25) is 0 Å². The number of aromatic nitrogens is 3. The maximum atomic E-state index is 11.5. The molecule has 6 nitrogen and oxygen atoms in total. The van der Waals surface area contributed by atoms with E-state index in [0.717, 1.165) is 21.5 Å². The largest absolute Gasteiger partial charge is 0.338 e. The summed E-state index contributed by atoms with van der Waals surface area (Å²) in [5.41, 5.74) is 2.69. The number of anilines is 1. The molecule has 0 aromatic carbocycles. The van der Waals surface area contributed by atoms with Gasteiger partial charge < -0.3 is 5.32 Å². The van der Waals surface area contributed by atoms with E-state index < -0.39 is 0 Å². The van der Waals surface area contributed by atoms with E-state index in [-0.39, 0.29) is 6.03 Å². The minimum absolute atomic E-state index is 0.260. The van der Waals surface area contributed by atoms with Crippen LogP contribution in [0.2, 0.25) is 0 Å². The number of nitrogens with one attached hydrogen (secondary N) is 2. The molecule has 0 saturated carbocycles.